The van der Waals surface area contributed by atoms with Gasteiger partial charge in [0.15, 0.2) is 0 Å². The average Bonchev–Trinajstić information content (AvgIpc) is 1.57. The zero-order valence-corrected chi connectivity index (χ0v) is 69.3. The fourth-order valence-electron chi connectivity index (χ4n) is 13.6. The van der Waals surface area contributed by atoms with E-state index < -0.39 is 308 Å². The van der Waals surface area contributed by atoms with Gasteiger partial charge in [-0.25, -0.2) is 16.6 Å². The Hall–Kier alpha value is -9.95. The molecule has 3 saturated heterocycles. The van der Waals surface area contributed by atoms with Crippen molar-refractivity contribution in [2.45, 2.75) is 200 Å². The van der Waals surface area contributed by atoms with E-state index in [1.54, 1.807) is 80.6 Å². The number of halogens is 1. The van der Waals surface area contributed by atoms with Gasteiger partial charge in [-0.15, -0.1) is 0 Å². The first kappa shape index (κ1) is 101. The van der Waals surface area contributed by atoms with Gasteiger partial charge in [-0.05, 0) is 68.4 Å². The van der Waals surface area contributed by atoms with Gasteiger partial charge in [-0.1, -0.05) is 126 Å². The summed E-state index contributed by atoms with van der Waals surface area (Å²) >= 11 is 3.33. The Labute approximate surface area is 710 Å². The van der Waals surface area contributed by atoms with E-state index in [1.165, 1.54) is 29.8 Å². The zero-order chi connectivity index (χ0) is 90.2. The van der Waals surface area contributed by atoms with Crippen molar-refractivity contribution >= 4 is 98.9 Å². The van der Waals surface area contributed by atoms with E-state index in [4.69, 9.17) is 21.4 Å². The first-order chi connectivity index (χ1) is 57.9. The average molecular weight is 1790 g/mol. The summed E-state index contributed by atoms with van der Waals surface area (Å²) in [6.07, 6.45) is -16.5. The Balaban J connectivity index is 1.50. The number of amides is 12. The fraction of sp³-hybridized carbons (Fsp3) is 0.551. The van der Waals surface area contributed by atoms with Gasteiger partial charge in [-0.2, -0.15) is 0 Å². The lowest BCUT2D eigenvalue weighted by Crippen LogP contribution is -2.65. The molecule has 3 fully saturated rings. The SMILES string of the molecule is CNC(=O)C(CO)NC(=O)C(NC(=O)[C@@H]1CC2CN(C[C@@H](NC(=O)[C@H](CO)NC(=O)C[C@H](NC(=O)C(C)Cc3ccccc3)[C@@H](O)/C=C(C)/C=C/c3ccccc3)C(=O)N[C@@H](CCON)C(=O)N[C@@H]([C@@H](O)CON)C(=O)NC(C(C)c3ccc(Br)cc3)C(=O)NC[C@@H](O)C(=O)N[C@H](C(=O)O)CCCC(=O)N1)CN2C1OC(CO)C(O)C(O)C1O)[C@H](C)O. The van der Waals surface area contributed by atoms with E-state index in [2.05, 4.69) is 84.6 Å². The number of rotatable bonds is 32. The van der Waals surface area contributed by atoms with E-state index in [9.17, 15) is 104 Å². The number of allylic oxidation sites excluding steroid dienone is 2. The number of carbonyl (C=O) groups is 13. The second-order valence-electron chi connectivity index (χ2n) is 29.9. The first-order valence-electron chi connectivity index (χ1n) is 39.3. The lowest BCUT2D eigenvalue weighted by molar-refractivity contribution is -0.268. The lowest BCUT2D eigenvalue weighted by Gasteiger charge is -2.45. The number of ether oxygens (including phenoxy) is 1. The van der Waals surface area contributed by atoms with Crippen LogP contribution in [0.1, 0.15) is 88.8 Å². The maximum atomic E-state index is 15.5. The van der Waals surface area contributed by atoms with Gasteiger partial charge in [0.2, 0.25) is 65.0 Å². The number of fused-ring (bicyclic) bond motifs is 2. The fourth-order valence-corrected chi connectivity index (χ4v) is 13.9. The van der Waals surface area contributed by atoms with Crippen LogP contribution in [0.25, 0.3) is 6.08 Å². The van der Waals surface area contributed by atoms with E-state index in [0.29, 0.717) is 15.6 Å². The molecule has 0 aromatic heterocycles. The molecule has 0 radical (unpaired) electrons. The highest BCUT2D eigenvalue weighted by Gasteiger charge is 2.51. The van der Waals surface area contributed by atoms with Crippen LogP contribution < -0.4 is 75.6 Å². The molecule has 0 aliphatic carbocycles. The van der Waals surface area contributed by atoms with Crippen LogP contribution in [0.4, 0.5) is 0 Å². The number of hydrogen-bond donors (Lipinski definition) is 25. The predicted molar refractivity (Wildman–Crippen MR) is 433 cm³/mol. The summed E-state index contributed by atoms with van der Waals surface area (Å²) in [7, 11) is 1.18. The van der Waals surface area contributed by atoms with Gasteiger partial charge in [0, 0.05) is 61.8 Å². The molecule has 2 bridgehead atoms. The molecule has 27 N–H and O–H groups in total. The Kier molecular flexibility index (Phi) is 41.3. The molecule has 23 atom stereocenters. The first-order valence-corrected chi connectivity index (χ1v) is 40.1. The van der Waals surface area contributed by atoms with E-state index in [1.807, 2.05) is 30.3 Å². The molecule has 43 nitrogen and oxygen atoms in total. The maximum absolute atomic E-state index is 15.5. The Morgan fingerprint density at radius 2 is 1.34 bits per heavy atom. The minimum atomic E-state index is -2.24. The predicted octanol–water partition coefficient (Wildman–Crippen LogP) is -8.79. The van der Waals surface area contributed by atoms with Crippen LogP contribution in [0.2, 0.25) is 0 Å². The summed E-state index contributed by atoms with van der Waals surface area (Å²) in [4.78, 5) is 197. The maximum Gasteiger partial charge on any atom is 0.326 e. The molecule has 3 aromatic carbocycles. The van der Waals surface area contributed by atoms with Gasteiger partial charge in [0.05, 0.1) is 64.5 Å². The number of hydrogen-bond acceptors (Lipinski definition) is 30. The van der Waals surface area contributed by atoms with Crippen molar-refractivity contribution in [3.05, 3.63) is 124 Å². The summed E-state index contributed by atoms with van der Waals surface area (Å²) in [6.45, 7) is -2.00. The van der Waals surface area contributed by atoms with Gasteiger partial charge >= 0.3 is 5.97 Å². The highest BCUT2D eigenvalue weighted by molar-refractivity contribution is 9.10. The van der Waals surface area contributed by atoms with E-state index in [-0.39, 0.29) is 6.42 Å². The highest BCUT2D eigenvalue weighted by Crippen LogP contribution is 2.31. The zero-order valence-electron chi connectivity index (χ0n) is 67.7. The number of carbonyl (C=O) groups excluding carboxylic acids is 12. The number of aliphatic hydroxyl groups excluding tert-OH is 10. The van der Waals surface area contributed by atoms with Crippen LogP contribution >= 0.6 is 15.9 Å². The third-order valence-electron chi connectivity index (χ3n) is 20.6. The molecular weight excluding hydrogens is 1670 g/mol. The number of benzene rings is 3. The Morgan fingerprint density at radius 3 is 1.96 bits per heavy atom. The molecule has 0 saturated carbocycles. The van der Waals surface area contributed by atoms with Crippen LogP contribution in [0.3, 0.4) is 0 Å². The number of nitrogens with zero attached hydrogens (tertiary/aromatic N) is 2. The summed E-state index contributed by atoms with van der Waals surface area (Å²) < 4.78 is 6.61. The minimum Gasteiger partial charge on any atom is -0.480 e. The standard InChI is InChI=1S/C78H113BrN16O27/c1-39(19-20-43-13-8-6-9-14-43)27-55(100)50(88-67(108)40(2)28-44-15-10-7-11-16-44)30-60(104)85-54(35-97)72(113)89-52-33-94-32-47(95(38-94)77-66(107)65(106)64(105)58(36-98)122-77)29-51(70(111)92-62(42(4)99)75(116)90-53(34-96)68(109)82-5)84-59(103)18-12-17-49(78(118)119)87-73(114)56(101)31-83-74(115)61(41(3)45-21-23-46(79)24-22-45)91-76(117)63(57(102)37-121-81)93-69(110)48(25-26-120-80)86-71(52)112/h6-11,13-16,19-24,27,40-42,47-58,61-66,77,96-102,105-107H,12,17-18,25-26,28-38,80-81H2,1-5H3,(H,82,109)(H,83,115)(H,84,103)(H,85,104)(H,86,112)(H,87,114)(H,88,108)(H,89,113)(H,90,116)(H,91,117)(H,92,111)(H,93,110)(H,118,119)/b20-19+,39-27+/t40?,41?,42-,47?,48-,49-,50-,51-,52+,53?,54-,55-,56+,57-,58?,61?,62?,63-,64?,65?,66?,77?/m0/s1. The van der Waals surface area contributed by atoms with Gasteiger partial charge in [0.25, 0.3) is 5.91 Å². The molecule has 122 heavy (non-hydrogen) atoms. The summed E-state index contributed by atoms with van der Waals surface area (Å²) in [6, 6.07) is 3.77. The largest absolute Gasteiger partial charge is 0.480 e. The third kappa shape index (κ3) is 30.5. The minimum absolute atomic E-state index is 0.227. The molecule has 3 aliphatic rings. The Morgan fingerprint density at radius 1 is 0.697 bits per heavy atom. The van der Waals surface area contributed by atoms with Crippen LogP contribution in [0, 0.1) is 5.92 Å². The van der Waals surface area contributed by atoms with Crippen molar-refractivity contribution in [1.82, 2.24) is 73.6 Å². The van der Waals surface area contributed by atoms with E-state index in [0.717, 1.165) is 18.1 Å². The number of nitrogens with two attached hydrogens (primary N) is 2. The monoisotopic (exact) mass is 1780 g/mol. The van der Waals surface area contributed by atoms with Crippen molar-refractivity contribution in [1.29, 1.82) is 0 Å². The molecule has 44 heteroatoms. The quantitative estimate of drug-likeness (QED) is 0.0204. The molecule has 0 spiro atoms. The second kappa shape index (κ2) is 50.0. The van der Waals surface area contributed by atoms with Gasteiger partial charge in [-0.3, -0.25) is 67.3 Å². The number of nitrogens with one attached hydrogen (secondary N) is 12. The van der Waals surface area contributed by atoms with Crippen molar-refractivity contribution in [2.24, 2.45) is 17.7 Å². The number of carboxylic acids is 1. The van der Waals surface area contributed by atoms with Crippen LogP contribution in [-0.4, -0.2) is 331 Å². The molecule has 3 heterocycles. The van der Waals surface area contributed by atoms with Crippen LogP contribution in [0.15, 0.2) is 107 Å². The summed E-state index contributed by atoms with van der Waals surface area (Å²) in [5.74, 6) is -6.80. The number of likely N-dealkylation sites (N-methyl/N-ethyl adjacent to an activating group) is 1. The topological polar surface area (TPSA) is 675 Å². The summed E-state index contributed by atoms with van der Waals surface area (Å²) in [5.41, 5.74) is 2.43. The van der Waals surface area contributed by atoms with Crippen LogP contribution in [0.5, 0.6) is 0 Å². The smallest absolute Gasteiger partial charge is 0.326 e. The van der Waals surface area contributed by atoms with Gasteiger partial charge in [0.1, 0.15) is 97.2 Å². The van der Waals surface area contributed by atoms with Crippen molar-refractivity contribution in [3.8, 4) is 0 Å². The van der Waals surface area contributed by atoms with Crippen LogP contribution in [-0.2, 0) is 83.2 Å². The number of aliphatic carboxylic acids is 1. The van der Waals surface area contributed by atoms with Gasteiger partial charge < -0.3 is 134 Å². The van der Waals surface area contributed by atoms with Crippen molar-refractivity contribution < 1.29 is 133 Å². The molecule has 6 rings (SSSR count). The number of aliphatic hydroxyl groups is 10. The number of carboxylic acid groups (broad SMARTS) is 1. The number of β-amino-alcohol motifs (C(OH)–C–C–N with tert-alkyl or cyclic N) is 1. The molecular formula is C78H113BrN16O27. The van der Waals surface area contributed by atoms with Crippen molar-refractivity contribution in [3.63, 3.8) is 0 Å². The molecule has 12 unspecified atom stereocenters. The molecule has 674 valence electrons. The molecule has 12 amide bonds. The highest BCUT2D eigenvalue weighted by atomic mass is 79.9. The third-order valence-corrected chi connectivity index (χ3v) is 21.1. The lowest BCUT2D eigenvalue weighted by atomic mass is 9.92. The normalized spacial score (nSPS) is 26.4. The Bertz CT molecular complexity index is 4050. The second-order valence-corrected chi connectivity index (χ2v) is 30.8. The van der Waals surface area contributed by atoms with Crippen molar-refractivity contribution in [2.75, 3.05) is 66.4 Å². The van der Waals surface area contributed by atoms with E-state index >= 15 is 14.4 Å². The molecule has 3 aliphatic heterocycles. The molecule has 3 aromatic rings. The summed E-state index contributed by atoms with van der Waals surface area (Å²) in [5, 5.41) is 150.